The van der Waals surface area contributed by atoms with Crippen molar-refractivity contribution in [1.82, 2.24) is 0 Å². The summed E-state index contributed by atoms with van der Waals surface area (Å²) in [5.74, 6) is -0.531. The second kappa shape index (κ2) is 34.0. The second-order valence-corrected chi connectivity index (χ2v) is 14.1. The van der Waals surface area contributed by atoms with Gasteiger partial charge in [-0.2, -0.15) is 0 Å². The molecule has 0 aliphatic carbocycles. The molecule has 2 atom stereocenters. The van der Waals surface area contributed by atoms with Crippen LogP contribution in [0.1, 0.15) is 219 Å². The quantitative estimate of drug-likeness (QED) is 0.0388. The predicted molar refractivity (Wildman–Crippen MR) is 192 cm³/mol. The van der Waals surface area contributed by atoms with Crippen molar-refractivity contribution in [3.63, 3.8) is 0 Å². The largest absolute Gasteiger partial charge is 0.481 e. The van der Waals surface area contributed by atoms with E-state index in [2.05, 4.69) is 13.8 Å². The summed E-state index contributed by atoms with van der Waals surface area (Å²) >= 11 is 0. The van der Waals surface area contributed by atoms with Gasteiger partial charge in [0.2, 0.25) is 0 Å². The fourth-order valence-electron chi connectivity index (χ4n) is 6.63. The van der Waals surface area contributed by atoms with E-state index in [0.29, 0.717) is 25.7 Å². The minimum atomic E-state index is -0.687. The molecule has 47 heavy (non-hydrogen) atoms. The highest BCUT2D eigenvalue weighted by molar-refractivity contribution is 5.85. The van der Waals surface area contributed by atoms with E-state index in [9.17, 15) is 19.2 Å². The Morgan fingerprint density at radius 2 is 0.617 bits per heavy atom. The van der Waals surface area contributed by atoms with E-state index in [0.717, 1.165) is 88.9 Å². The van der Waals surface area contributed by atoms with E-state index >= 15 is 0 Å². The third-order valence-corrected chi connectivity index (χ3v) is 9.87. The van der Waals surface area contributed by atoms with Crippen molar-refractivity contribution in [3.05, 3.63) is 0 Å². The van der Waals surface area contributed by atoms with Gasteiger partial charge in [0, 0.05) is 25.7 Å². The van der Waals surface area contributed by atoms with Gasteiger partial charge in [0.25, 0.3) is 0 Å². The maximum atomic E-state index is 12.1. The molecule has 0 aromatic rings. The van der Waals surface area contributed by atoms with Gasteiger partial charge in [-0.1, -0.05) is 168 Å². The van der Waals surface area contributed by atoms with Crippen molar-refractivity contribution >= 4 is 23.9 Å². The lowest BCUT2D eigenvalue weighted by atomic mass is 9.92. The Morgan fingerprint density at radius 1 is 0.383 bits per heavy atom. The normalized spacial score (nSPS) is 12.6. The number of carbonyl (C=O) groups excluding carboxylic acids is 2. The number of ether oxygens (including phenoxy) is 1. The van der Waals surface area contributed by atoms with Crippen LogP contribution >= 0.6 is 0 Å². The molecule has 0 bridgehead atoms. The van der Waals surface area contributed by atoms with Crippen molar-refractivity contribution in [3.8, 4) is 0 Å². The van der Waals surface area contributed by atoms with Crippen LogP contribution in [0.15, 0.2) is 0 Å². The number of carboxylic acids is 2. The molecule has 276 valence electrons. The molecule has 7 heteroatoms. The van der Waals surface area contributed by atoms with Crippen LogP contribution in [0.25, 0.3) is 0 Å². The van der Waals surface area contributed by atoms with E-state index in [4.69, 9.17) is 14.9 Å². The Balaban J connectivity index is 3.62. The number of hydrogen-bond acceptors (Lipinski definition) is 5. The van der Waals surface area contributed by atoms with Crippen LogP contribution in [0.5, 0.6) is 0 Å². The van der Waals surface area contributed by atoms with Gasteiger partial charge >= 0.3 is 23.9 Å². The lowest BCUT2D eigenvalue weighted by molar-refractivity contribution is -0.159. The van der Waals surface area contributed by atoms with E-state index < -0.39 is 11.9 Å². The highest BCUT2D eigenvalue weighted by atomic mass is 16.6. The molecule has 0 rings (SSSR count). The van der Waals surface area contributed by atoms with Crippen molar-refractivity contribution < 1.29 is 34.1 Å². The summed E-state index contributed by atoms with van der Waals surface area (Å²) in [5, 5.41) is 17.4. The van der Waals surface area contributed by atoms with Gasteiger partial charge in [0.1, 0.15) is 0 Å². The molecule has 0 spiro atoms. The Morgan fingerprint density at radius 3 is 0.872 bits per heavy atom. The average Bonchev–Trinajstić information content (AvgIpc) is 3.03. The summed E-state index contributed by atoms with van der Waals surface area (Å²) in [4.78, 5) is 45.2. The standard InChI is InChI=1S/C40H74O7/c1-3-35(27-19-11-7-5-9-13-23-31-37(41)42)29-21-15-17-25-33-39(45)47-40(46)34-26-18-16-22-30-36(4-2)28-20-12-8-6-10-14-24-32-38(43)44/h35-36H,3-34H2,1-2H3,(H,41,42)(H,43,44). The summed E-state index contributed by atoms with van der Waals surface area (Å²) in [6.07, 6.45) is 33.2. The molecule has 0 aliphatic rings. The predicted octanol–water partition coefficient (Wildman–Crippen LogP) is 12.0. The third-order valence-electron chi connectivity index (χ3n) is 9.87. The van der Waals surface area contributed by atoms with Crippen molar-refractivity contribution in [2.45, 2.75) is 219 Å². The molecule has 0 heterocycles. The molecule has 0 radical (unpaired) electrons. The fourth-order valence-corrected chi connectivity index (χ4v) is 6.63. The van der Waals surface area contributed by atoms with Gasteiger partial charge in [-0.15, -0.1) is 0 Å². The Hall–Kier alpha value is -1.92. The van der Waals surface area contributed by atoms with Crippen molar-refractivity contribution in [2.75, 3.05) is 0 Å². The second-order valence-electron chi connectivity index (χ2n) is 14.1. The minimum Gasteiger partial charge on any atom is -0.481 e. The van der Waals surface area contributed by atoms with E-state index in [-0.39, 0.29) is 11.9 Å². The molecule has 2 N–H and O–H groups in total. The first-order valence-corrected chi connectivity index (χ1v) is 19.9. The highest BCUT2D eigenvalue weighted by Crippen LogP contribution is 2.23. The van der Waals surface area contributed by atoms with Crippen LogP contribution in [0, 0.1) is 11.8 Å². The maximum Gasteiger partial charge on any atom is 0.313 e. The molecule has 0 aromatic heterocycles. The summed E-state index contributed by atoms with van der Waals surface area (Å²) in [6.45, 7) is 4.57. The molecule has 0 aromatic carbocycles. The number of aliphatic carboxylic acids is 2. The Bertz CT molecular complexity index is 704. The molecule has 0 amide bonds. The molecular weight excluding hydrogens is 592 g/mol. The summed E-state index contributed by atoms with van der Waals surface area (Å²) in [6, 6.07) is 0. The number of esters is 2. The van der Waals surface area contributed by atoms with Crippen LogP contribution in [0.4, 0.5) is 0 Å². The van der Waals surface area contributed by atoms with Crippen LogP contribution in [-0.2, 0) is 23.9 Å². The zero-order chi connectivity index (χ0) is 34.8. The lowest BCUT2D eigenvalue weighted by Crippen LogP contribution is -2.11. The molecule has 0 fully saturated rings. The number of rotatable bonds is 36. The number of carbonyl (C=O) groups is 4. The zero-order valence-electron chi connectivity index (χ0n) is 30.7. The van der Waals surface area contributed by atoms with Gasteiger partial charge in [0.15, 0.2) is 0 Å². The van der Waals surface area contributed by atoms with Crippen LogP contribution < -0.4 is 0 Å². The summed E-state index contributed by atoms with van der Waals surface area (Å²) in [7, 11) is 0. The summed E-state index contributed by atoms with van der Waals surface area (Å²) < 4.78 is 5.05. The van der Waals surface area contributed by atoms with E-state index in [1.165, 1.54) is 103 Å². The van der Waals surface area contributed by atoms with Crippen molar-refractivity contribution in [2.24, 2.45) is 11.8 Å². The van der Waals surface area contributed by atoms with Crippen LogP contribution in [-0.4, -0.2) is 34.1 Å². The van der Waals surface area contributed by atoms with Crippen LogP contribution in [0.3, 0.4) is 0 Å². The van der Waals surface area contributed by atoms with Gasteiger partial charge in [-0.05, 0) is 37.5 Å². The Labute approximate surface area is 288 Å². The van der Waals surface area contributed by atoms with Crippen molar-refractivity contribution in [1.29, 1.82) is 0 Å². The van der Waals surface area contributed by atoms with Crippen LogP contribution in [0.2, 0.25) is 0 Å². The van der Waals surface area contributed by atoms with E-state index in [1.54, 1.807) is 0 Å². The SMILES string of the molecule is CCC(CCCCCCCCCC(=O)O)CCCCCCC(=O)OC(=O)CCCCCCC(CC)CCCCCCCCCC(=O)O. The number of unbranched alkanes of at least 4 members (excludes halogenated alkanes) is 18. The monoisotopic (exact) mass is 667 g/mol. The molecule has 0 aliphatic heterocycles. The third kappa shape index (κ3) is 33.8. The molecule has 2 unspecified atom stereocenters. The minimum absolute atomic E-state index is 0.300. The smallest absolute Gasteiger partial charge is 0.313 e. The molecule has 7 nitrogen and oxygen atoms in total. The molecule has 0 saturated heterocycles. The summed E-state index contributed by atoms with van der Waals surface area (Å²) in [5.41, 5.74) is 0. The number of hydrogen-bond donors (Lipinski definition) is 2. The first-order valence-electron chi connectivity index (χ1n) is 19.9. The number of carboxylic acid groups (broad SMARTS) is 2. The van der Waals surface area contributed by atoms with Gasteiger partial charge in [0.05, 0.1) is 0 Å². The van der Waals surface area contributed by atoms with E-state index in [1.807, 2.05) is 0 Å². The van der Waals surface area contributed by atoms with Gasteiger partial charge < -0.3 is 14.9 Å². The first-order chi connectivity index (χ1) is 22.8. The van der Waals surface area contributed by atoms with Gasteiger partial charge in [-0.3, -0.25) is 19.2 Å². The maximum absolute atomic E-state index is 12.1. The highest BCUT2D eigenvalue weighted by Gasteiger charge is 2.11. The Kier molecular flexibility index (Phi) is 32.6. The van der Waals surface area contributed by atoms with Gasteiger partial charge in [-0.25, -0.2) is 0 Å². The molecule has 0 saturated carbocycles. The first kappa shape index (κ1) is 45.1. The lowest BCUT2D eigenvalue weighted by Gasteiger charge is -2.14. The fraction of sp³-hybridized carbons (Fsp3) is 0.900. The average molecular weight is 667 g/mol. The topological polar surface area (TPSA) is 118 Å². The zero-order valence-corrected chi connectivity index (χ0v) is 30.7. The molecular formula is C40H74O7.